The number of nitrogens with one attached hydrogen (secondary N) is 2. The summed E-state index contributed by atoms with van der Waals surface area (Å²) in [6, 6.07) is 14.7. The molecule has 3 N–H and O–H groups in total. The van der Waals surface area contributed by atoms with Crippen LogP contribution >= 0.6 is 0 Å². The van der Waals surface area contributed by atoms with Gasteiger partial charge in [-0.25, -0.2) is 14.8 Å². The maximum absolute atomic E-state index is 11.0. The first kappa shape index (κ1) is 20.1. The number of amides is 1. The number of rotatable bonds is 6. The number of pyridine rings is 1. The van der Waals surface area contributed by atoms with Crippen LogP contribution < -0.4 is 15.4 Å². The van der Waals surface area contributed by atoms with Gasteiger partial charge < -0.3 is 15.2 Å². The lowest BCUT2D eigenvalue weighted by molar-refractivity contribution is 0.210. The van der Waals surface area contributed by atoms with E-state index in [-0.39, 0.29) is 0 Å². The Morgan fingerprint density at radius 2 is 1.81 bits per heavy atom. The molecule has 0 saturated heterocycles. The fraction of sp³-hybridized carbons (Fsp3) is 0.130. The molecule has 4 aromatic rings. The predicted molar refractivity (Wildman–Crippen MR) is 119 cm³/mol. The standard InChI is InChI=1S/C23H21N5O3/c1-14-15(2)26-22(12-25-14)28-21-11-16(9-10-24-21)13-31-20-8-7-19(27-23(29)30)17-5-3-4-6-18(17)20/h3-12,27H,13H2,1-2H3,(H,29,30)(H,24,26,28). The molecule has 0 aliphatic carbocycles. The first-order valence-electron chi connectivity index (χ1n) is 9.66. The molecule has 0 spiro atoms. The number of anilines is 3. The number of ether oxygens (including phenoxy) is 1. The fourth-order valence-corrected chi connectivity index (χ4v) is 3.15. The molecule has 0 aliphatic heterocycles. The van der Waals surface area contributed by atoms with Crippen LogP contribution in [0.15, 0.2) is 60.9 Å². The molecule has 0 radical (unpaired) electrons. The lowest BCUT2D eigenvalue weighted by Gasteiger charge is -2.13. The Morgan fingerprint density at radius 3 is 2.58 bits per heavy atom. The molecule has 0 aliphatic rings. The van der Waals surface area contributed by atoms with Crippen molar-refractivity contribution < 1.29 is 14.6 Å². The second-order valence-electron chi connectivity index (χ2n) is 6.98. The Morgan fingerprint density at radius 1 is 1.00 bits per heavy atom. The third-order valence-electron chi connectivity index (χ3n) is 4.79. The number of nitrogens with zero attached hydrogens (tertiary/aromatic N) is 3. The molecule has 0 unspecified atom stereocenters. The quantitative estimate of drug-likeness (QED) is 0.404. The lowest BCUT2D eigenvalue weighted by Crippen LogP contribution is -2.07. The molecular formula is C23H21N5O3. The smallest absolute Gasteiger partial charge is 0.409 e. The third kappa shape index (κ3) is 4.69. The Balaban J connectivity index is 1.52. The summed E-state index contributed by atoms with van der Waals surface area (Å²) in [5.41, 5.74) is 3.18. The molecule has 0 saturated carbocycles. The summed E-state index contributed by atoms with van der Waals surface area (Å²) in [5.74, 6) is 1.93. The normalized spacial score (nSPS) is 10.6. The highest BCUT2D eigenvalue weighted by molar-refractivity contribution is 6.02. The number of hydrogen-bond acceptors (Lipinski definition) is 6. The summed E-state index contributed by atoms with van der Waals surface area (Å²) in [7, 11) is 0. The average Bonchev–Trinajstić information content (AvgIpc) is 2.76. The van der Waals surface area contributed by atoms with Gasteiger partial charge in [-0.3, -0.25) is 10.3 Å². The van der Waals surface area contributed by atoms with E-state index in [1.54, 1.807) is 24.5 Å². The van der Waals surface area contributed by atoms with Crippen LogP contribution in [-0.2, 0) is 6.61 Å². The number of hydrogen-bond donors (Lipinski definition) is 3. The first-order chi connectivity index (χ1) is 15.0. The lowest BCUT2D eigenvalue weighted by atomic mass is 10.1. The van der Waals surface area contributed by atoms with Crippen LogP contribution in [0.3, 0.4) is 0 Å². The Labute approximate surface area is 179 Å². The number of benzene rings is 2. The van der Waals surface area contributed by atoms with Gasteiger partial charge in [0.15, 0.2) is 0 Å². The van der Waals surface area contributed by atoms with E-state index in [1.165, 1.54) is 0 Å². The van der Waals surface area contributed by atoms with Gasteiger partial charge in [-0.2, -0.15) is 0 Å². The molecule has 2 aromatic heterocycles. The summed E-state index contributed by atoms with van der Waals surface area (Å²) < 4.78 is 6.05. The highest BCUT2D eigenvalue weighted by atomic mass is 16.5. The van der Waals surface area contributed by atoms with E-state index in [9.17, 15) is 4.79 Å². The van der Waals surface area contributed by atoms with Crippen molar-refractivity contribution in [1.82, 2.24) is 15.0 Å². The number of carbonyl (C=O) groups is 1. The van der Waals surface area contributed by atoms with Crippen LogP contribution in [0.25, 0.3) is 10.8 Å². The number of aryl methyl sites for hydroxylation is 2. The van der Waals surface area contributed by atoms with Gasteiger partial charge in [0.25, 0.3) is 0 Å². The van der Waals surface area contributed by atoms with Crippen molar-refractivity contribution >= 4 is 34.2 Å². The van der Waals surface area contributed by atoms with Crippen molar-refractivity contribution in [2.45, 2.75) is 20.5 Å². The van der Waals surface area contributed by atoms with E-state index in [0.29, 0.717) is 29.7 Å². The Kier molecular flexibility index (Phi) is 5.61. The number of carboxylic acid groups (broad SMARTS) is 1. The minimum Gasteiger partial charge on any atom is -0.488 e. The van der Waals surface area contributed by atoms with Crippen molar-refractivity contribution in [2.24, 2.45) is 0 Å². The van der Waals surface area contributed by atoms with E-state index in [2.05, 4.69) is 25.6 Å². The average molecular weight is 415 g/mol. The molecule has 0 fully saturated rings. The summed E-state index contributed by atoms with van der Waals surface area (Å²) in [4.78, 5) is 24.1. The van der Waals surface area contributed by atoms with Gasteiger partial charge in [-0.1, -0.05) is 24.3 Å². The van der Waals surface area contributed by atoms with Gasteiger partial charge in [0.1, 0.15) is 24.0 Å². The van der Waals surface area contributed by atoms with Gasteiger partial charge in [0.2, 0.25) is 0 Å². The van der Waals surface area contributed by atoms with Gasteiger partial charge in [0, 0.05) is 17.0 Å². The van der Waals surface area contributed by atoms with E-state index in [4.69, 9.17) is 9.84 Å². The molecule has 156 valence electrons. The molecular weight excluding hydrogens is 394 g/mol. The van der Waals surface area contributed by atoms with Crippen molar-refractivity contribution in [1.29, 1.82) is 0 Å². The van der Waals surface area contributed by atoms with Crippen LogP contribution in [-0.4, -0.2) is 26.2 Å². The van der Waals surface area contributed by atoms with Crippen LogP contribution in [0.2, 0.25) is 0 Å². The van der Waals surface area contributed by atoms with Gasteiger partial charge in [-0.05, 0) is 43.7 Å². The zero-order chi connectivity index (χ0) is 21.8. The maximum Gasteiger partial charge on any atom is 0.409 e. The summed E-state index contributed by atoms with van der Waals surface area (Å²) >= 11 is 0. The second-order valence-corrected chi connectivity index (χ2v) is 6.98. The van der Waals surface area contributed by atoms with Crippen LogP contribution in [0.4, 0.5) is 22.1 Å². The zero-order valence-electron chi connectivity index (χ0n) is 17.1. The minimum absolute atomic E-state index is 0.325. The SMILES string of the molecule is Cc1ncc(Nc2cc(COc3ccc(NC(=O)O)c4ccccc34)ccn2)nc1C. The zero-order valence-corrected chi connectivity index (χ0v) is 17.1. The van der Waals surface area contributed by atoms with E-state index in [1.807, 2.05) is 50.2 Å². The van der Waals surface area contributed by atoms with E-state index < -0.39 is 6.09 Å². The van der Waals surface area contributed by atoms with Gasteiger partial charge in [-0.15, -0.1) is 0 Å². The second kappa shape index (κ2) is 8.66. The fourth-order valence-electron chi connectivity index (χ4n) is 3.15. The van der Waals surface area contributed by atoms with Crippen molar-refractivity contribution in [3.8, 4) is 5.75 Å². The minimum atomic E-state index is -1.11. The Hall–Kier alpha value is -4.20. The summed E-state index contributed by atoms with van der Waals surface area (Å²) in [6.45, 7) is 4.15. The summed E-state index contributed by atoms with van der Waals surface area (Å²) in [6.07, 6.45) is 2.27. The largest absolute Gasteiger partial charge is 0.488 e. The molecule has 31 heavy (non-hydrogen) atoms. The molecule has 0 atom stereocenters. The molecule has 1 amide bonds. The number of fused-ring (bicyclic) bond motifs is 1. The first-order valence-corrected chi connectivity index (χ1v) is 9.66. The topological polar surface area (TPSA) is 109 Å². The molecule has 0 bridgehead atoms. The maximum atomic E-state index is 11.0. The third-order valence-corrected chi connectivity index (χ3v) is 4.79. The van der Waals surface area contributed by atoms with Crippen molar-refractivity contribution in [2.75, 3.05) is 10.6 Å². The predicted octanol–water partition coefficient (Wildman–Crippen LogP) is 5.05. The molecule has 4 rings (SSSR count). The highest BCUT2D eigenvalue weighted by Gasteiger charge is 2.09. The number of aromatic nitrogens is 3. The van der Waals surface area contributed by atoms with E-state index >= 15 is 0 Å². The van der Waals surface area contributed by atoms with Crippen molar-refractivity contribution in [3.05, 3.63) is 77.9 Å². The van der Waals surface area contributed by atoms with Crippen LogP contribution in [0.5, 0.6) is 5.75 Å². The monoisotopic (exact) mass is 415 g/mol. The summed E-state index contributed by atoms with van der Waals surface area (Å²) in [5, 5.41) is 16.2. The van der Waals surface area contributed by atoms with Crippen LogP contribution in [0.1, 0.15) is 17.0 Å². The van der Waals surface area contributed by atoms with Crippen LogP contribution in [0, 0.1) is 13.8 Å². The van der Waals surface area contributed by atoms with Crippen molar-refractivity contribution in [3.63, 3.8) is 0 Å². The molecule has 8 nitrogen and oxygen atoms in total. The highest BCUT2D eigenvalue weighted by Crippen LogP contribution is 2.32. The molecule has 2 aromatic carbocycles. The Bertz CT molecular complexity index is 1260. The molecule has 8 heteroatoms. The van der Waals surface area contributed by atoms with E-state index in [0.717, 1.165) is 27.7 Å². The van der Waals surface area contributed by atoms with Gasteiger partial charge >= 0.3 is 6.09 Å². The molecule has 2 heterocycles. The van der Waals surface area contributed by atoms with Gasteiger partial charge in [0.05, 0.1) is 23.3 Å².